The number of nitrogens with one attached hydrogen (secondary N) is 1. The van der Waals surface area contributed by atoms with Gasteiger partial charge in [0.2, 0.25) is 0 Å². The zero-order valence-electron chi connectivity index (χ0n) is 12.3. The molecule has 23 heavy (non-hydrogen) atoms. The van der Waals surface area contributed by atoms with Crippen LogP contribution in [-0.4, -0.2) is 18.7 Å². The fourth-order valence-electron chi connectivity index (χ4n) is 1.73. The Morgan fingerprint density at radius 3 is 2.70 bits per heavy atom. The molecule has 2 rings (SSSR count). The van der Waals surface area contributed by atoms with E-state index in [9.17, 15) is 4.79 Å². The van der Waals surface area contributed by atoms with Crippen LogP contribution in [0, 0.1) is 11.3 Å². The average Bonchev–Trinajstić information content (AvgIpc) is 2.60. The molecule has 0 aliphatic rings. The number of allylic oxidation sites excluding steroid dienone is 1. The summed E-state index contributed by atoms with van der Waals surface area (Å²) in [5.74, 6) is -0.0276. The highest BCUT2D eigenvalue weighted by atomic mass is 16.5. The first-order chi connectivity index (χ1) is 11.3. The van der Waals surface area contributed by atoms with Gasteiger partial charge in [-0.3, -0.25) is 4.79 Å². The zero-order chi connectivity index (χ0) is 16.3. The molecule has 0 bridgehead atoms. The molecule has 2 aromatic carbocycles. The quantitative estimate of drug-likeness (QED) is 0.658. The van der Waals surface area contributed by atoms with Crippen molar-refractivity contribution in [3.05, 3.63) is 71.8 Å². The highest BCUT2D eigenvalue weighted by Gasteiger charge is 2.04. The summed E-state index contributed by atoms with van der Waals surface area (Å²) >= 11 is 0. The standard InChI is InChI=1S/C18H15N3O2/c19-13-16-10-4-5-11-17(16)23-14-18(22)21-20-12-6-9-15-7-2-1-3-8-15/h1-12H,14H2,(H,21,22)/b9-6+,20-12?. The SMILES string of the molecule is N#Cc1ccccc1OCC(=O)NN=C/C=C/c1ccccc1. The molecular formula is C18H15N3O2. The molecule has 0 saturated heterocycles. The molecule has 0 aromatic heterocycles. The van der Waals surface area contributed by atoms with Crippen LogP contribution in [-0.2, 0) is 4.79 Å². The van der Waals surface area contributed by atoms with E-state index in [-0.39, 0.29) is 6.61 Å². The van der Waals surface area contributed by atoms with Gasteiger partial charge in [0.25, 0.3) is 5.91 Å². The highest BCUT2D eigenvalue weighted by molar-refractivity contribution is 5.82. The molecule has 2 aromatic rings. The van der Waals surface area contributed by atoms with E-state index in [4.69, 9.17) is 10.00 Å². The Morgan fingerprint density at radius 2 is 1.91 bits per heavy atom. The number of hydrogen-bond acceptors (Lipinski definition) is 4. The fourth-order valence-corrected chi connectivity index (χ4v) is 1.73. The van der Waals surface area contributed by atoms with E-state index >= 15 is 0 Å². The van der Waals surface area contributed by atoms with E-state index in [1.54, 1.807) is 30.3 Å². The summed E-state index contributed by atoms with van der Waals surface area (Å²) < 4.78 is 5.29. The lowest BCUT2D eigenvalue weighted by Crippen LogP contribution is -2.24. The molecule has 1 amide bonds. The van der Waals surface area contributed by atoms with E-state index in [1.807, 2.05) is 42.5 Å². The van der Waals surface area contributed by atoms with Gasteiger partial charge in [-0.05, 0) is 23.8 Å². The molecule has 0 radical (unpaired) electrons. The molecule has 0 aliphatic carbocycles. The summed E-state index contributed by atoms with van der Waals surface area (Å²) in [4.78, 5) is 11.6. The summed E-state index contributed by atoms with van der Waals surface area (Å²) in [5.41, 5.74) is 3.78. The third-order valence-electron chi connectivity index (χ3n) is 2.80. The predicted molar refractivity (Wildman–Crippen MR) is 88.8 cm³/mol. The number of carbonyl (C=O) groups is 1. The Hall–Kier alpha value is -3.39. The van der Waals surface area contributed by atoms with Crippen molar-refractivity contribution in [2.24, 2.45) is 5.10 Å². The van der Waals surface area contributed by atoms with Gasteiger partial charge in [0.05, 0.1) is 5.56 Å². The second-order valence-electron chi connectivity index (χ2n) is 4.48. The molecule has 0 spiro atoms. The van der Waals surface area contributed by atoms with Crippen molar-refractivity contribution in [1.82, 2.24) is 5.43 Å². The minimum Gasteiger partial charge on any atom is -0.482 e. The van der Waals surface area contributed by atoms with Crippen LogP contribution in [0.3, 0.4) is 0 Å². The Balaban J connectivity index is 1.76. The third kappa shape index (κ3) is 5.48. The van der Waals surface area contributed by atoms with Gasteiger partial charge in [-0.25, -0.2) is 5.43 Å². The number of ether oxygens (including phenoxy) is 1. The lowest BCUT2D eigenvalue weighted by Gasteiger charge is -2.05. The molecule has 5 heteroatoms. The first-order valence-corrected chi connectivity index (χ1v) is 6.95. The molecule has 0 unspecified atom stereocenters. The first kappa shape index (κ1) is 16.0. The smallest absolute Gasteiger partial charge is 0.277 e. The monoisotopic (exact) mass is 305 g/mol. The Bertz CT molecular complexity index is 746. The number of hydrazone groups is 1. The maximum atomic E-state index is 11.6. The van der Waals surface area contributed by atoms with Gasteiger partial charge >= 0.3 is 0 Å². The number of rotatable bonds is 6. The summed E-state index contributed by atoms with van der Waals surface area (Å²) in [6, 6.07) is 18.5. The number of nitriles is 1. The van der Waals surface area contributed by atoms with Crippen LogP contribution in [0.25, 0.3) is 6.08 Å². The van der Waals surface area contributed by atoms with E-state index in [0.29, 0.717) is 11.3 Å². The number of carbonyl (C=O) groups excluding carboxylic acids is 1. The average molecular weight is 305 g/mol. The number of para-hydroxylation sites is 1. The third-order valence-corrected chi connectivity index (χ3v) is 2.80. The van der Waals surface area contributed by atoms with Gasteiger partial charge in [0.15, 0.2) is 6.61 Å². The van der Waals surface area contributed by atoms with E-state index in [2.05, 4.69) is 10.5 Å². The summed E-state index contributed by atoms with van der Waals surface area (Å²) in [5, 5.41) is 12.7. The molecule has 114 valence electrons. The molecule has 1 N–H and O–H groups in total. The lowest BCUT2D eigenvalue weighted by molar-refractivity contribution is -0.123. The highest BCUT2D eigenvalue weighted by Crippen LogP contribution is 2.15. The molecule has 5 nitrogen and oxygen atoms in total. The summed E-state index contributed by atoms with van der Waals surface area (Å²) in [6.07, 6.45) is 5.07. The second kappa shape index (κ2) is 8.80. The topological polar surface area (TPSA) is 74.5 Å². The Morgan fingerprint density at radius 1 is 1.17 bits per heavy atom. The van der Waals surface area contributed by atoms with Crippen LogP contribution in [0.1, 0.15) is 11.1 Å². The first-order valence-electron chi connectivity index (χ1n) is 6.95. The van der Waals surface area contributed by atoms with E-state index in [1.165, 1.54) is 6.21 Å². The van der Waals surface area contributed by atoms with Gasteiger partial charge in [-0.1, -0.05) is 48.5 Å². The normalized spacial score (nSPS) is 10.6. The number of hydrogen-bond donors (Lipinski definition) is 1. The Kier molecular flexibility index (Phi) is 6.12. The summed E-state index contributed by atoms with van der Waals surface area (Å²) in [7, 11) is 0. The number of amides is 1. The van der Waals surface area contributed by atoms with Gasteiger partial charge in [-0.15, -0.1) is 0 Å². The maximum absolute atomic E-state index is 11.6. The zero-order valence-corrected chi connectivity index (χ0v) is 12.3. The molecule has 0 fully saturated rings. The summed E-state index contributed by atoms with van der Waals surface area (Å²) in [6.45, 7) is -0.210. The van der Waals surface area contributed by atoms with E-state index in [0.717, 1.165) is 5.56 Å². The maximum Gasteiger partial charge on any atom is 0.277 e. The Labute approximate surface area is 134 Å². The van der Waals surface area contributed by atoms with Crippen LogP contribution in [0.5, 0.6) is 5.75 Å². The van der Waals surface area contributed by atoms with Crippen LogP contribution >= 0.6 is 0 Å². The minimum atomic E-state index is -0.401. The molecular weight excluding hydrogens is 290 g/mol. The van der Waals surface area contributed by atoms with Gasteiger partial charge in [0.1, 0.15) is 11.8 Å². The van der Waals surface area contributed by atoms with Crippen molar-refractivity contribution < 1.29 is 9.53 Å². The van der Waals surface area contributed by atoms with Gasteiger partial charge in [-0.2, -0.15) is 10.4 Å². The number of benzene rings is 2. The molecule has 0 aliphatic heterocycles. The lowest BCUT2D eigenvalue weighted by atomic mass is 10.2. The van der Waals surface area contributed by atoms with Crippen LogP contribution in [0.2, 0.25) is 0 Å². The molecule has 0 saturated carbocycles. The second-order valence-corrected chi connectivity index (χ2v) is 4.48. The van der Waals surface area contributed by atoms with Crippen LogP contribution in [0.4, 0.5) is 0 Å². The van der Waals surface area contributed by atoms with Gasteiger partial charge < -0.3 is 4.74 Å². The van der Waals surface area contributed by atoms with Crippen molar-refractivity contribution in [2.75, 3.05) is 6.61 Å². The largest absolute Gasteiger partial charge is 0.482 e. The predicted octanol–water partition coefficient (Wildman–Crippen LogP) is 2.75. The van der Waals surface area contributed by atoms with Crippen molar-refractivity contribution in [2.45, 2.75) is 0 Å². The van der Waals surface area contributed by atoms with Crippen molar-refractivity contribution in [3.8, 4) is 11.8 Å². The van der Waals surface area contributed by atoms with Crippen molar-refractivity contribution in [1.29, 1.82) is 5.26 Å². The molecule has 0 heterocycles. The van der Waals surface area contributed by atoms with Crippen LogP contribution in [0.15, 0.2) is 65.8 Å². The molecule has 0 atom stereocenters. The fraction of sp³-hybridized carbons (Fsp3) is 0.0556. The number of nitrogens with zero attached hydrogens (tertiary/aromatic N) is 2. The van der Waals surface area contributed by atoms with Crippen molar-refractivity contribution in [3.63, 3.8) is 0 Å². The van der Waals surface area contributed by atoms with Gasteiger partial charge in [0, 0.05) is 6.21 Å². The van der Waals surface area contributed by atoms with Crippen molar-refractivity contribution >= 4 is 18.2 Å². The van der Waals surface area contributed by atoms with Crippen LogP contribution < -0.4 is 10.2 Å². The minimum absolute atomic E-state index is 0.210. The van der Waals surface area contributed by atoms with E-state index < -0.39 is 5.91 Å².